The van der Waals surface area contributed by atoms with Gasteiger partial charge in [-0.1, -0.05) is 12.1 Å². The molecule has 8 nitrogen and oxygen atoms in total. The maximum Gasteiger partial charge on any atom is 0.161 e. The Morgan fingerprint density at radius 2 is 1.73 bits per heavy atom. The number of aromatic nitrogens is 4. The molecule has 2 heterocycles. The summed E-state index contributed by atoms with van der Waals surface area (Å²) in [6, 6.07) is 15.4. The fraction of sp³-hybridized carbons (Fsp3) is 0.240. The van der Waals surface area contributed by atoms with E-state index in [-0.39, 0.29) is 0 Å². The molecule has 4 rings (SSSR count). The number of nitrogens with zero attached hydrogens (tertiary/aromatic N) is 4. The minimum Gasteiger partial charge on any atom is -0.497 e. The van der Waals surface area contributed by atoms with Gasteiger partial charge in [0.2, 0.25) is 0 Å². The van der Waals surface area contributed by atoms with E-state index in [0.29, 0.717) is 29.6 Å². The van der Waals surface area contributed by atoms with E-state index in [1.165, 1.54) is 0 Å². The molecule has 0 saturated carbocycles. The van der Waals surface area contributed by atoms with Crippen molar-refractivity contribution in [3.05, 3.63) is 77.4 Å². The van der Waals surface area contributed by atoms with Crippen LogP contribution in [-0.2, 0) is 6.42 Å². The molecule has 0 bridgehead atoms. The fourth-order valence-electron chi connectivity index (χ4n) is 3.53. The zero-order valence-corrected chi connectivity index (χ0v) is 19.4. The van der Waals surface area contributed by atoms with Crippen LogP contribution in [0, 0.1) is 13.8 Å². The van der Waals surface area contributed by atoms with Gasteiger partial charge in [-0.05, 0) is 49.7 Å². The summed E-state index contributed by atoms with van der Waals surface area (Å²) < 4.78 is 18.0. The molecular weight excluding hydrogens is 418 g/mol. The molecule has 8 heteroatoms. The van der Waals surface area contributed by atoms with Gasteiger partial charge in [0.25, 0.3) is 0 Å². The Balaban J connectivity index is 1.62. The molecule has 33 heavy (non-hydrogen) atoms. The van der Waals surface area contributed by atoms with Crippen LogP contribution in [0.1, 0.15) is 22.6 Å². The number of anilines is 2. The molecule has 0 unspecified atom stereocenters. The maximum atomic E-state index is 5.41. The van der Waals surface area contributed by atoms with Gasteiger partial charge in [0.1, 0.15) is 23.2 Å². The normalized spacial score (nSPS) is 10.7. The lowest BCUT2D eigenvalue weighted by Gasteiger charge is -2.12. The third-order valence-corrected chi connectivity index (χ3v) is 5.42. The fourth-order valence-corrected chi connectivity index (χ4v) is 3.53. The lowest BCUT2D eigenvalue weighted by atomic mass is 10.1. The lowest BCUT2D eigenvalue weighted by Crippen LogP contribution is -2.06. The van der Waals surface area contributed by atoms with Crippen LogP contribution < -0.4 is 19.5 Å². The van der Waals surface area contributed by atoms with Crippen LogP contribution in [0.15, 0.2) is 54.7 Å². The lowest BCUT2D eigenvalue weighted by molar-refractivity contribution is 0.354. The Labute approximate surface area is 193 Å². The van der Waals surface area contributed by atoms with Gasteiger partial charge >= 0.3 is 0 Å². The molecule has 0 amide bonds. The van der Waals surface area contributed by atoms with Gasteiger partial charge < -0.3 is 19.5 Å². The van der Waals surface area contributed by atoms with E-state index in [9.17, 15) is 0 Å². The average molecular weight is 446 g/mol. The number of methoxy groups -OCH3 is 3. The van der Waals surface area contributed by atoms with Crippen LogP contribution in [0.3, 0.4) is 0 Å². The first-order chi connectivity index (χ1) is 16.0. The molecule has 1 N–H and O–H groups in total. The van der Waals surface area contributed by atoms with E-state index in [1.54, 1.807) is 27.5 Å². The summed E-state index contributed by atoms with van der Waals surface area (Å²) in [7, 11) is 4.90. The van der Waals surface area contributed by atoms with Gasteiger partial charge in [-0.3, -0.25) is 0 Å². The third kappa shape index (κ3) is 4.74. The van der Waals surface area contributed by atoms with E-state index >= 15 is 0 Å². The molecule has 0 atom stereocenters. The van der Waals surface area contributed by atoms with Crippen LogP contribution in [-0.4, -0.2) is 41.1 Å². The van der Waals surface area contributed by atoms with Crippen molar-refractivity contribution in [3.63, 3.8) is 0 Å². The predicted molar refractivity (Wildman–Crippen MR) is 127 cm³/mol. The topological polar surface area (TPSA) is 83.3 Å². The van der Waals surface area contributed by atoms with E-state index < -0.39 is 0 Å². The number of nitrogens with one attached hydrogen (secondary N) is 1. The molecule has 0 aliphatic rings. The van der Waals surface area contributed by atoms with Crippen molar-refractivity contribution in [1.82, 2.24) is 19.7 Å². The molecule has 0 aliphatic carbocycles. The molecule has 0 saturated heterocycles. The summed E-state index contributed by atoms with van der Waals surface area (Å²) in [5.74, 6) is 4.36. The van der Waals surface area contributed by atoms with Gasteiger partial charge in [0.15, 0.2) is 11.5 Å². The van der Waals surface area contributed by atoms with Crippen LogP contribution in [0.4, 0.5) is 11.6 Å². The average Bonchev–Trinajstić information content (AvgIpc) is 3.12. The number of aryl methyl sites for hydroxylation is 1. The van der Waals surface area contributed by atoms with Crippen LogP contribution in [0.5, 0.6) is 17.2 Å². The monoisotopic (exact) mass is 445 g/mol. The summed E-state index contributed by atoms with van der Waals surface area (Å²) in [5, 5.41) is 8.14. The second kappa shape index (κ2) is 9.60. The van der Waals surface area contributed by atoms with Crippen molar-refractivity contribution in [2.24, 2.45) is 0 Å². The minimum absolute atomic E-state index is 0.559. The second-order valence-electron chi connectivity index (χ2n) is 7.52. The van der Waals surface area contributed by atoms with Crippen LogP contribution >= 0.6 is 0 Å². The summed E-state index contributed by atoms with van der Waals surface area (Å²) in [6.07, 6.45) is 2.31. The molecule has 0 spiro atoms. The molecule has 170 valence electrons. The summed E-state index contributed by atoms with van der Waals surface area (Å²) in [4.78, 5) is 9.16. The second-order valence-corrected chi connectivity index (χ2v) is 7.52. The molecule has 2 aromatic carbocycles. The number of ether oxygens (including phenoxy) is 3. The van der Waals surface area contributed by atoms with Crippen molar-refractivity contribution in [1.29, 1.82) is 0 Å². The zero-order valence-electron chi connectivity index (χ0n) is 19.4. The highest BCUT2D eigenvalue weighted by molar-refractivity contribution is 5.61. The van der Waals surface area contributed by atoms with Crippen LogP contribution in [0.25, 0.3) is 5.69 Å². The van der Waals surface area contributed by atoms with E-state index in [2.05, 4.69) is 10.3 Å². The first kappa shape index (κ1) is 22.1. The summed E-state index contributed by atoms with van der Waals surface area (Å²) in [5.41, 5.74) is 3.89. The van der Waals surface area contributed by atoms with Gasteiger partial charge in [-0.15, -0.1) is 0 Å². The van der Waals surface area contributed by atoms with Crippen molar-refractivity contribution in [2.45, 2.75) is 20.3 Å². The number of rotatable bonds is 8. The van der Waals surface area contributed by atoms with Crippen molar-refractivity contribution < 1.29 is 14.2 Å². The Kier molecular flexibility index (Phi) is 6.44. The Morgan fingerprint density at radius 1 is 0.909 bits per heavy atom. The standard InChI is InChI=1S/C25H27N5O3/c1-16-17(2)29-30(19-7-6-8-20(15-19)31-3)25(16)28-23-11-12-26-24(27-23)14-18-9-10-21(32-4)22(13-18)33-5/h6-13,15H,14H2,1-5H3,(H,26,27,28). The molecule has 2 aromatic heterocycles. The van der Waals surface area contributed by atoms with Crippen molar-refractivity contribution >= 4 is 11.6 Å². The Bertz CT molecular complexity index is 1270. The highest BCUT2D eigenvalue weighted by Crippen LogP contribution is 2.29. The predicted octanol–water partition coefficient (Wildman–Crippen LogP) is 4.64. The van der Waals surface area contributed by atoms with E-state index in [4.69, 9.17) is 24.3 Å². The summed E-state index contributed by atoms with van der Waals surface area (Å²) >= 11 is 0. The van der Waals surface area contributed by atoms with Gasteiger partial charge in [0, 0.05) is 24.2 Å². The largest absolute Gasteiger partial charge is 0.497 e. The van der Waals surface area contributed by atoms with Gasteiger partial charge in [-0.25, -0.2) is 14.6 Å². The zero-order chi connectivity index (χ0) is 23.4. The Morgan fingerprint density at radius 3 is 2.48 bits per heavy atom. The molecule has 0 aliphatic heterocycles. The first-order valence-corrected chi connectivity index (χ1v) is 10.5. The first-order valence-electron chi connectivity index (χ1n) is 10.5. The van der Waals surface area contributed by atoms with Crippen molar-refractivity contribution in [3.8, 4) is 22.9 Å². The van der Waals surface area contributed by atoms with Gasteiger partial charge in [0.05, 0.1) is 32.7 Å². The highest BCUT2D eigenvalue weighted by atomic mass is 16.5. The Hall–Kier alpha value is -4.07. The molecule has 0 fully saturated rings. The van der Waals surface area contributed by atoms with E-state index in [1.807, 2.05) is 67.1 Å². The molecular formula is C25H27N5O3. The number of benzene rings is 2. The third-order valence-electron chi connectivity index (χ3n) is 5.42. The smallest absolute Gasteiger partial charge is 0.161 e. The maximum absolute atomic E-state index is 5.41. The number of hydrogen-bond donors (Lipinski definition) is 1. The van der Waals surface area contributed by atoms with Gasteiger partial charge in [-0.2, -0.15) is 5.10 Å². The molecule has 0 radical (unpaired) electrons. The molecule has 4 aromatic rings. The van der Waals surface area contributed by atoms with Crippen LogP contribution in [0.2, 0.25) is 0 Å². The van der Waals surface area contributed by atoms with E-state index in [0.717, 1.165) is 34.1 Å². The number of hydrogen-bond acceptors (Lipinski definition) is 7. The quantitative estimate of drug-likeness (QED) is 0.423. The summed E-state index contributed by atoms with van der Waals surface area (Å²) in [6.45, 7) is 4.02. The SMILES string of the molecule is COc1cccc(-n2nc(C)c(C)c2Nc2ccnc(Cc3ccc(OC)c(OC)c3)n2)c1. The minimum atomic E-state index is 0.559. The van der Waals surface area contributed by atoms with Crippen molar-refractivity contribution in [2.75, 3.05) is 26.6 Å². The highest BCUT2D eigenvalue weighted by Gasteiger charge is 2.15.